The van der Waals surface area contributed by atoms with Crippen molar-refractivity contribution in [2.75, 3.05) is 0 Å². The summed E-state index contributed by atoms with van der Waals surface area (Å²) in [5.41, 5.74) is 5.98. The summed E-state index contributed by atoms with van der Waals surface area (Å²) in [6.07, 6.45) is 4.88. The Morgan fingerprint density at radius 3 is 2.36 bits per heavy atom. The normalized spacial score (nSPS) is 10.9. The molecular weight excluding hydrogens is 350 g/mol. The number of hydrazone groups is 1. The van der Waals surface area contributed by atoms with Gasteiger partial charge in [-0.2, -0.15) is 10.2 Å². The van der Waals surface area contributed by atoms with E-state index in [1.807, 2.05) is 72.8 Å². The van der Waals surface area contributed by atoms with Gasteiger partial charge in [-0.15, -0.1) is 0 Å². The third kappa shape index (κ3) is 3.86. The van der Waals surface area contributed by atoms with Gasteiger partial charge in [-0.25, -0.2) is 10.1 Å². The molecular formula is C22H17N5O. The van der Waals surface area contributed by atoms with E-state index in [0.29, 0.717) is 17.0 Å². The van der Waals surface area contributed by atoms with Gasteiger partial charge in [-0.3, -0.25) is 9.78 Å². The molecule has 2 heterocycles. The number of hydrogen-bond donors (Lipinski definition) is 1. The van der Waals surface area contributed by atoms with Crippen LogP contribution in [-0.4, -0.2) is 26.9 Å². The lowest BCUT2D eigenvalue weighted by atomic mass is 10.1. The van der Waals surface area contributed by atoms with Crippen molar-refractivity contribution in [2.24, 2.45) is 5.10 Å². The van der Waals surface area contributed by atoms with Crippen LogP contribution in [0.25, 0.3) is 16.9 Å². The molecule has 0 aliphatic rings. The average Bonchev–Trinajstić information content (AvgIpc) is 3.21. The Kier molecular flexibility index (Phi) is 5.02. The van der Waals surface area contributed by atoms with Gasteiger partial charge in [-0.1, -0.05) is 54.6 Å². The minimum absolute atomic E-state index is 0.340. The molecule has 6 nitrogen and oxygen atoms in total. The van der Waals surface area contributed by atoms with Gasteiger partial charge >= 0.3 is 0 Å². The van der Waals surface area contributed by atoms with Crippen molar-refractivity contribution in [2.45, 2.75) is 0 Å². The Morgan fingerprint density at radius 1 is 0.929 bits per heavy atom. The van der Waals surface area contributed by atoms with Crippen LogP contribution in [0.15, 0.2) is 96.4 Å². The molecule has 4 aromatic rings. The number of hydrogen-bond acceptors (Lipinski definition) is 4. The number of aromatic nitrogens is 3. The van der Waals surface area contributed by atoms with E-state index in [-0.39, 0.29) is 5.91 Å². The molecule has 0 atom stereocenters. The first-order valence-electron chi connectivity index (χ1n) is 8.76. The van der Waals surface area contributed by atoms with Crippen LogP contribution in [-0.2, 0) is 0 Å². The third-order valence-electron chi connectivity index (χ3n) is 4.08. The number of para-hydroxylation sites is 1. The Labute approximate surface area is 162 Å². The Balaban J connectivity index is 1.65. The van der Waals surface area contributed by atoms with Gasteiger partial charge in [0, 0.05) is 18.0 Å². The molecule has 1 N–H and O–H groups in total. The fraction of sp³-hybridized carbons (Fsp3) is 0. The lowest BCUT2D eigenvalue weighted by molar-refractivity contribution is 0.0955. The number of amides is 1. The summed E-state index contributed by atoms with van der Waals surface area (Å²) < 4.78 is 1.69. The quantitative estimate of drug-likeness (QED) is 0.432. The van der Waals surface area contributed by atoms with E-state index in [0.717, 1.165) is 11.3 Å². The van der Waals surface area contributed by atoms with Crippen molar-refractivity contribution in [1.82, 2.24) is 20.2 Å². The van der Waals surface area contributed by atoms with Crippen LogP contribution in [0.2, 0.25) is 0 Å². The third-order valence-corrected chi connectivity index (χ3v) is 4.08. The first kappa shape index (κ1) is 17.4. The number of carbonyl (C=O) groups is 1. The molecule has 0 unspecified atom stereocenters. The molecule has 0 spiro atoms. The number of nitrogens with one attached hydrogen (secondary N) is 1. The van der Waals surface area contributed by atoms with Gasteiger partial charge in [0.15, 0.2) is 0 Å². The smallest absolute Gasteiger partial charge is 0.267 e. The summed E-state index contributed by atoms with van der Waals surface area (Å²) in [6.45, 7) is 0. The average molecular weight is 367 g/mol. The molecule has 0 saturated heterocycles. The lowest BCUT2D eigenvalue weighted by Gasteiger charge is -2.01. The number of benzene rings is 2. The van der Waals surface area contributed by atoms with Crippen LogP contribution in [0, 0.1) is 0 Å². The number of carbonyl (C=O) groups excluding carboxylic acids is 1. The Bertz CT molecular complexity index is 1090. The lowest BCUT2D eigenvalue weighted by Crippen LogP contribution is -2.18. The molecule has 28 heavy (non-hydrogen) atoms. The maximum Gasteiger partial charge on any atom is 0.275 e. The number of rotatable bonds is 5. The maximum absolute atomic E-state index is 12.8. The van der Waals surface area contributed by atoms with Gasteiger partial charge < -0.3 is 0 Å². The van der Waals surface area contributed by atoms with E-state index in [9.17, 15) is 4.79 Å². The zero-order valence-electron chi connectivity index (χ0n) is 14.9. The molecule has 2 aromatic heterocycles. The molecule has 0 bridgehead atoms. The minimum atomic E-state index is -0.340. The second kappa shape index (κ2) is 8.09. The molecule has 0 aliphatic heterocycles. The topological polar surface area (TPSA) is 72.2 Å². The summed E-state index contributed by atoms with van der Waals surface area (Å²) in [6, 6.07) is 24.7. The van der Waals surface area contributed by atoms with Crippen LogP contribution in [0.3, 0.4) is 0 Å². The van der Waals surface area contributed by atoms with E-state index in [1.165, 1.54) is 6.21 Å². The van der Waals surface area contributed by atoms with Crippen LogP contribution in [0.5, 0.6) is 0 Å². The summed E-state index contributed by atoms with van der Waals surface area (Å²) in [5, 5.41) is 8.64. The summed E-state index contributed by atoms with van der Waals surface area (Å²) in [5.74, 6) is -0.340. The fourth-order valence-electron chi connectivity index (χ4n) is 2.73. The van der Waals surface area contributed by atoms with Gasteiger partial charge in [0.1, 0.15) is 5.69 Å². The Morgan fingerprint density at radius 2 is 1.64 bits per heavy atom. The van der Waals surface area contributed by atoms with E-state index < -0.39 is 0 Å². The number of pyridine rings is 1. The highest BCUT2D eigenvalue weighted by Gasteiger charge is 2.18. The molecule has 0 aliphatic carbocycles. The molecule has 0 saturated carbocycles. The second-order valence-electron chi connectivity index (χ2n) is 5.99. The van der Waals surface area contributed by atoms with Crippen LogP contribution in [0.4, 0.5) is 0 Å². The number of nitrogens with zero attached hydrogens (tertiary/aromatic N) is 4. The zero-order chi connectivity index (χ0) is 19.2. The van der Waals surface area contributed by atoms with Crippen LogP contribution >= 0.6 is 0 Å². The van der Waals surface area contributed by atoms with Crippen molar-refractivity contribution in [3.8, 4) is 16.9 Å². The van der Waals surface area contributed by atoms with E-state index in [4.69, 9.17) is 0 Å². The SMILES string of the molecule is O=C(N/N=C\c1ccccn1)c1cn(-c2ccccc2)nc1-c1ccccc1. The van der Waals surface area contributed by atoms with Crippen molar-refractivity contribution in [1.29, 1.82) is 0 Å². The van der Waals surface area contributed by atoms with Crippen molar-refractivity contribution in [3.05, 3.63) is 103 Å². The van der Waals surface area contributed by atoms with E-state index >= 15 is 0 Å². The van der Waals surface area contributed by atoms with Crippen LogP contribution < -0.4 is 5.43 Å². The predicted octanol–water partition coefficient (Wildman–Crippen LogP) is 3.70. The van der Waals surface area contributed by atoms with Crippen molar-refractivity contribution >= 4 is 12.1 Å². The summed E-state index contributed by atoms with van der Waals surface area (Å²) in [4.78, 5) is 16.9. The molecule has 0 radical (unpaired) electrons. The first-order chi connectivity index (χ1) is 13.8. The minimum Gasteiger partial charge on any atom is -0.267 e. The van der Waals surface area contributed by atoms with Crippen LogP contribution in [0.1, 0.15) is 16.1 Å². The molecule has 1 amide bonds. The molecule has 2 aromatic carbocycles. The van der Waals surface area contributed by atoms with E-state index in [2.05, 4.69) is 20.6 Å². The molecule has 6 heteroatoms. The zero-order valence-corrected chi connectivity index (χ0v) is 14.9. The van der Waals surface area contributed by atoms with Crippen molar-refractivity contribution in [3.63, 3.8) is 0 Å². The van der Waals surface area contributed by atoms with Gasteiger partial charge in [0.05, 0.1) is 23.2 Å². The van der Waals surface area contributed by atoms with E-state index in [1.54, 1.807) is 23.1 Å². The molecule has 0 fully saturated rings. The fourth-order valence-corrected chi connectivity index (χ4v) is 2.73. The summed E-state index contributed by atoms with van der Waals surface area (Å²) in [7, 11) is 0. The Hall–Kier alpha value is -4.06. The first-order valence-corrected chi connectivity index (χ1v) is 8.76. The molecule has 4 rings (SSSR count). The standard InChI is InChI=1S/C22H17N5O/c28-22(25-24-15-18-11-7-8-14-23-18)20-16-27(19-12-5-2-6-13-19)26-21(20)17-9-3-1-4-10-17/h1-16H,(H,25,28)/b24-15-. The van der Waals surface area contributed by atoms with Gasteiger partial charge in [0.2, 0.25) is 0 Å². The van der Waals surface area contributed by atoms with Gasteiger partial charge in [-0.05, 0) is 24.3 Å². The highest BCUT2D eigenvalue weighted by molar-refractivity contribution is 6.00. The summed E-state index contributed by atoms with van der Waals surface area (Å²) >= 11 is 0. The monoisotopic (exact) mass is 367 g/mol. The largest absolute Gasteiger partial charge is 0.275 e. The van der Waals surface area contributed by atoms with Gasteiger partial charge in [0.25, 0.3) is 5.91 Å². The van der Waals surface area contributed by atoms with Crippen molar-refractivity contribution < 1.29 is 4.79 Å². The highest BCUT2D eigenvalue weighted by atomic mass is 16.2. The maximum atomic E-state index is 12.8. The predicted molar refractivity (Wildman–Crippen MR) is 108 cm³/mol. The second-order valence-corrected chi connectivity index (χ2v) is 5.99. The molecule has 136 valence electrons. The highest BCUT2D eigenvalue weighted by Crippen LogP contribution is 2.23.